The molecule has 32 heavy (non-hydrogen) atoms. The molecule has 4 rings (SSSR count). The lowest BCUT2D eigenvalue weighted by Gasteiger charge is -2.14. The molecule has 4 aromatic rings. The zero-order chi connectivity index (χ0) is 23.2. The van der Waals surface area contributed by atoms with Gasteiger partial charge in [0.1, 0.15) is 5.02 Å². The second-order valence-corrected chi connectivity index (χ2v) is 7.91. The van der Waals surface area contributed by atoms with Crippen LogP contribution < -0.4 is 11.0 Å². The van der Waals surface area contributed by atoms with Crippen molar-refractivity contribution in [3.63, 3.8) is 0 Å². The Kier molecular flexibility index (Phi) is 5.60. The van der Waals surface area contributed by atoms with E-state index >= 15 is 0 Å². The quantitative estimate of drug-likeness (QED) is 0.377. The van der Waals surface area contributed by atoms with Gasteiger partial charge < -0.3 is 10.4 Å². The van der Waals surface area contributed by atoms with Crippen LogP contribution in [-0.4, -0.2) is 14.2 Å². The van der Waals surface area contributed by atoms with Gasteiger partial charge in [-0.2, -0.15) is 13.2 Å². The SMILES string of the molecule is Cn1c(=O)n(-c2ccc(NCc3ccccc3C(F)(F)F)cc2)c2cc(Cl)c(O)c(Cl)c21. The zero-order valence-electron chi connectivity index (χ0n) is 16.5. The minimum absolute atomic E-state index is 0.00321. The largest absolute Gasteiger partial charge is 0.505 e. The Morgan fingerprint density at radius 3 is 2.38 bits per heavy atom. The molecular weight excluding hydrogens is 466 g/mol. The number of hydrogen-bond acceptors (Lipinski definition) is 3. The van der Waals surface area contributed by atoms with E-state index in [1.807, 2.05) is 0 Å². The summed E-state index contributed by atoms with van der Waals surface area (Å²) in [5, 5.41) is 12.9. The van der Waals surface area contributed by atoms with Crippen molar-refractivity contribution < 1.29 is 18.3 Å². The lowest BCUT2D eigenvalue weighted by Crippen LogP contribution is -2.20. The minimum atomic E-state index is -4.44. The molecule has 0 saturated heterocycles. The topological polar surface area (TPSA) is 59.2 Å². The van der Waals surface area contributed by atoms with E-state index in [4.69, 9.17) is 23.2 Å². The minimum Gasteiger partial charge on any atom is -0.505 e. The van der Waals surface area contributed by atoms with Crippen LogP contribution in [0.25, 0.3) is 16.7 Å². The molecule has 0 amide bonds. The molecule has 0 aliphatic carbocycles. The molecule has 10 heteroatoms. The van der Waals surface area contributed by atoms with Crippen LogP contribution in [0.15, 0.2) is 59.4 Å². The number of halogens is 5. The number of aromatic hydroxyl groups is 1. The van der Waals surface area contributed by atoms with E-state index < -0.39 is 17.4 Å². The highest BCUT2D eigenvalue weighted by Gasteiger charge is 2.32. The maximum absolute atomic E-state index is 13.2. The van der Waals surface area contributed by atoms with Crippen molar-refractivity contribution in [1.82, 2.24) is 9.13 Å². The molecule has 0 aliphatic heterocycles. The predicted molar refractivity (Wildman–Crippen MR) is 119 cm³/mol. The first-order valence-corrected chi connectivity index (χ1v) is 10.1. The number of anilines is 1. The number of aromatic nitrogens is 2. The van der Waals surface area contributed by atoms with Crippen molar-refractivity contribution in [3.05, 3.63) is 86.3 Å². The third-order valence-corrected chi connectivity index (χ3v) is 5.78. The Labute approximate surface area is 190 Å². The molecule has 0 radical (unpaired) electrons. The van der Waals surface area contributed by atoms with Gasteiger partial charge in [-0.25, -0.2) is 4.79 Å². The average molecular weight is 482 g/mol. The average Bonchev–Trinajstić information content (AvgIpc) is 3.00. The molecule has 3 aromatic carbocycles. The normalized spacial score (nSPS) is 11.8. The molecule has 1 heterocycles. The number of fused-ring (bicyclic) bond motifs is 1. The van der Waals surface area contributed by atoms with Gasteiger partial charge in [-0.3, -0.25) is 9.13 Å². The van der Waals surface area contributed by atoms with Crippen molar-refractivity contribution in [2.24, 2.45) is 7.05 Å². The van der Waals surface area contributed by atoms with Crippen molar-refractivity contribution >= 4 is 39.9 Å². The molecular formula is C22H16Cl2F3N3O2. The van der Waals surface area contributed by atoms with Crippen LogP contribution in [0, 0.1) is 0 Å². The Bertz CT molecular complexity index is 1380. The van der Waals surface area contributed by atoms with Crippen molar-refractivity contribution in [2.45, 2.75) is 12.7 Å². The summed E-state index contributed by atoms with van der Waals surface area (Å²) in [5.74, 6) is -0.313. The second kappa shape index (κ2) is 8.11. The molecule has 0 unspecified atom stereocenters. The number of phenolic OH excluding ortho intramolecular Hbond substituents is 1. The fourth-order valence-electron chi connectivity index (χ4n) is 3.55. The monoisotopic (exact) mass is 481 g/mol. The number of nitrogens with zero attached hydrogens (tertiary/aromatic N) is 2. The second-order valence-electron chi connectivity index (χ2n) is 7.12. The van der Waals surface area contributed by atoms with Crippen LogP contribution in [0.3, 0.4) is 0 Å². The summed E-state index contributed by atoms with van der Waals surface area (Å²) < 4.78 is 42.2. The number of aryl methyl sites for hydroxylation is 1. The van der Waals surface area contributed by atoms with E-state index in [9.17, 15) is 23.1 Å². The summed E-state index contributed by atoms with van der Waals surface area (Å²) in [6, 6.07) is 13.4. The maximum Gasteiger partial charge on any atom is 0.416 e. The molecule has 2 N–H and O–H groups in total. The summed E-state index contributed by atoms with van der Waals surface area (Å²) in [5.41, 5.74) is 0.840. The van der Waals surface area contributed by atoms with Gasteiger partial charge in [0.05, 0.1) is 27.3 Å². The number of alkyl halides is 3. The third-order valence-electron chi connectivity index (χ3n) is 5.13. The number of imidazole rings is 1. The van der Waals surface area contributed by atoms with Crippen LogP contribution in [0.1, 0.15) is 11.1 Å². The lowest BCUT2D eigenvalue weighted by atomic mass is 10.1. The van der Waals surface area contributed by atoms with E-state index in [0.29, 0.717) is 22.4 Å². The third kappa shape index (κ3) is 3.80. The van der Waals surface area contributed by atoms with Crippen LogP contribution in [0.4, 0.5) is 18.9 Å². The van der Waals surface area contributed by atoms with Crippen LogP contribution in [-0.2, 0) is 19.8 Å². The highest BCUT2D eigenvalue weighted by molar-refractivity contribution is 6.40. The molecule has 0 saturated carbocycles. The van der Waals surface area contributed by atoms with E-state index in [-0.39, 0.29) is 27.9 Å². The first kappa shape index (κ1) is 22.1. The van der Waals surface area contributed by atoms with E-state index in [0.717, 1.165) is 6.07 Å². The van der Waals surface area contributed by atoms with Gasteiger partial charge in [-0.05, 0) is 42.0 Å². The number of nitrogens with one attached hydrogen (secondary N) is 1. The summed E-state index contributed by atoms with van der Waals surface area (Å²) >= 11 is 12.2. The molecule has 0 atom stereocenters. The molecule has 166 valence electrons. The van der Waals surface area contributed by atoms with Gasteiger partial charge in [0.2, 0.25) is 0 Å². The van der Waals surface area contributed by atoms with Crippen LogP contribution in [0.2, 0.25) is 10.0 Å². The van der Waals surface area contributed by atoms with Gasteiger partial charge in [-0.15, -0.1) is 0 Å². The summed E-state index contributed by atoms with van der Waals surface area (Å²) in [4.78, 5) is 12.8. The number of benzene rings is 3. The molecule has 0 fully saturated rings. The van der Waals surface area contributed by atoms with Crippen molar-refractivity contribution in [1.29, 1.82) is 0 Å². The van der Waals surface area contributed by atoms with Crippen molar-refractivity contribution in [3.8, 4) is 11.4 Å². The van der Waals surface area contributed by atoms with Crippen LogP contribution in [0.5, 0.6) is 5.75 Å². The van der Waals surface area contributed by atoms with Gasteiger partial charge in [-0.1, -0.05) is 41.4 Å². The Morgan fingerprint density at radius 2 is 1.72 bits per heavy atom. The fraction of sp³-hybridized carbons (Fsp3) is 0.136. The van der Waals surface area contributed by atoms with Crippen LogP contribution >= 0.6 is 23.2 Å². The van der Waals surface area contributed by atoms with E-state index in [1.54, 1.807) is 30.3 Å². The predicted octanol–water partition coefficient (Wildman–Crippen LogP) is 5.97. The fourth-order valence-corrected chi connectivity index (χ4v) is 4.12. The van der Waals surface area contributed by atoms with E-state index in [1.165, 1.54) is 34.4 Å². The van der Waals surface area contributed by atoms with Gasteiger partial charge in [0.15, 0.2) is 5.75 Å². The first-order valence-electron chi connectivity index (χ1n) is 9.37. The number of phenols is 1. The highest BCUT2D eigenvalue weighted by atomic mass is 35.5. The smallest absolute Gasteiger partial charge is 0.416 e. The Morgan fingerprint density at radius 1 is 1.06 bits per heavy atom. The summed E-state index contributed by atoms with van der Waals surface area (Å²) in [6.45, 7) is -0.0201. The standard InChI is InChI=1S/C22H16Cl2F3N3O2/c1-29-19-17(10-16(23)20(31)18(19)24)30(21(29)32)14-8-6-13(7-9-14)28-11-12-4-2-3-5-15(12)22(25,26)27/h2-10,28,31H,11H2,1H3. The van der Waals surface area contributed by atoms with Gasteiger partial charge >= 0.3 is 11.9 Å². The molecule has 5 nitrogen and oxygen atoms in total. The summed E-state index contributed by atoms with van der Waals surface area (Å²) in [6.07, 6.45) is -4.44. The van der Waals surface area contributed by atoms with Crippen molar-refractivity contribution in [2.75, 3.05) is 5.32 Å². The van der Waals surface area contributed by atoms with Gasteiger partial charge in [0, 0.05) is 19.3 Å². The molecule has 0 aliphatic rings. The lowest BCUT2D eigenvalue weighted by molar-refractivity contribution is -0.138. The Balaban J connectivity index is 1.66. The van der Waals surface area contributed by atoms with E-state index in [2.05, 4.69) is 5.32 Å². The summed E-state index contributed by atoms with van der Waals surface area (Å²) in [7, 11) is 1.52. The molecule has 1 aromatic heterocycles. The number of rotatable bonds is 4. The maximum atomic E-state index is 13.2. The van der Waals surface area contributed by atoms with Gasteiger partial charge in [0.25, 0.3) is 0 Å². The first-order chi connectivity index (χ1) is 15.1. The highest BCUT2D eigenvalue weighted by Crippen LogP contribution is 2.38. The number of hydrogen-bond donors (Lipinski definition) is 2. The zero-order valence-corrected chi connectivity index (χ0v) is 18.1. The molecule has 0 spiro atoms. The molecule has 0 bridgehead atoms. The Hall–Kier alpha value is -3.10.